The van der Waals surface area contributed by atoms with E-state index in [0.29, 0.717) is 12.0 Å². The van der Waals surface area contributed by atoms with E-state index < -0.39 is 0 Å². The van der Waals surface area contributed by atoms with Gasteiger partial charge >= 0.3 is 0 Å². The van der Waals surface area contributed by atoms with Gasteiger partial charge in [0.25, 0.3) is 0 Å². The molecule has 2 heterocycles. The Balaban J connectivity index is 1.04. The van der Waals surface area contributed by atoms with Gasteiger partial charge in [-0.25, -0.2) is 0 Å². The molecule has 1 saturated carbocycles. The van der Waals surface area contributed by atoms with Crippen LogP contribution in [0, 0.1) is 19.8 Å². The van der Waals surface area contributed by atoms with E-state index in [0.717, 1.165) is 24.3 Å². The van der Waals surface area contributed by atoms with Crippen molar-refractivity contribution in [3.8, 4) is 0 Å². The zero-order valence-electron chi connectivity index (χ0n) is 21.2. The van der Waals surface area contributed by atoms with E-state index in [2.05, 4.69) is 77.7 Å². The number of benzene rings is 2. The molecule has 35 heavy (non-hydrogen) atoms. The summed E-state index contributed by atoms with van der Waals surface area (Å²) in [7, 11) is 0. The van der Waals surface area contributed by atoms with Gasteiger partial charge in [-0.2, -0.15) is 0 Å². The molecule has 0 unspecified atom stereocenters. The summed E-state index contributed by atoms with van der Waals surface area (Å²) < 4.78 is 0. The van der Waals surface area contributed by atoms with Crippen molar-refractivity contribution in [1.82, 2.24) is 15.2 Å². The average Bonchev–Trinajstić information content (AvgIpc) is 3.30. The number of para-hydroxylation sites is 1. The highest BCUT2D eigenvalue weighted by molar-refractivity contribution is 5.92. The fourth-order valence-electron chi connectivity index (χ4n) is 6.07. The molecule has 184 valence electrons. The van der Waals surface area contributed by atoms with Crippen LogP contribution in [0.3, 0.4) is 0 Å². The number of aromatic amines is 1. The van der Waals surface area contributed by atoms with Crippen LogP contribution in [0.15, 0.2) is 54.7 Å². The number of aromatic nitrogens is 1. The number of carbonyl (C=O) groups excluding carboxylic acids is 1. The molecule has 5 rings (SSSR count). The van der Waals surface area contributed by atoms with Crippen LogP contribution >= 0.6 is 0 Å². The lowest BCUT2D eigenvalue weighted by Crippen LogP contribution is -2.41. The third kappa shape index (κ3) is 5.87. The summed E-state index contributed by atoms with van der Waals surface area (Å²) in [5, 5.41) is 4.64. The van der Waals surface area contributed by atoms with Gasteiger partial charge < -0.3 is 15.2 Å². The predicted molar refractivity (Wildman–Crippen MR) is 146 cm³/mol. The number of hydrogen-bond donors (Lipinski definition) is 2. The first kappa shape index (κ1) is 23.9. The van der Waals surface area contributed by atoms with Crippen LogP contribution in [0.25, 0.3) is 17.0 Å². The van der Waals surface area contributed by atoms with E-state index in [1.807, 2.05) is 6.08 Å². The lowest BCUT2D eigenvalue weighted by atomic mass is 9.84. The minimum atomic E-state index is 0.0358. The van der Waals surface area contributed by atoms with Crippen molar-refractivity contribution >= 4 is 22.9 Å². The maximum atomic E-state index is 12.5. The second kappa shape index (κ2) is 10.8. The quantitative estimate of drug-likeness (QED) is 0.413. The van der Waals surface area contributed by atoms with Crippen molar-refractivity contribution in [2.45, 2.75) is 64.3 Å². The zero-order valence-corrected chi connectivity index (χ0v) is 21.2. The first-order chi connectivity index (χ1) is 17.0. The smallest absolute Gasteiger partial charge is 0.244 e. The second-order valence-electron chi connectivity index (χ2n) is 10.8. The molecular weight excluding hydrogens is 430 g/mol. The van der Waals surface area contributed by atoms with Gasteiger partial charge in [-0.3, -0.25) is 4.79 Å². The van der Waals surface area contributed by atoms with Gasteiger partial charge in [0, 0.05) is 35.8 Å². The van der Waals surface area contributed by atoms with Crippen LogP contribution in [-0.4, -0.2) is 41.5 Å². The molecule has 1 saturated heterocycles. The molecule has 3 aromatic rings. The summed E-state index contributed by atoms with van der Waals surface area (Å²) in [6, 6.07) is 15.3. The predicted octanol–water partition coefficient (Wildman–Crippen LogP) is 6.35. The highest BCUT2D eigenvalue weighted by Crippen LogP contribution is 2.34. The van der Waals surface area contributed by atoms with Crippen molar-refractivity contribution in [3.63, 3.8) is 0 Å². The Labute approximate surface area is 209 Å². The van der Waals surface area contributed by atoms with Crippen molar-refractivity contribution in [1.29, 1.82) is 0 Å². The van der Waals surface area contributed by atoms with Crippen LogP contribution < -0.4 is 5.32 Å². The largest absolute Gasteiger partial charge is 0.361 e. The van der Waals surface area contributed by atoms with E-state index in [-0.39, 0.29) is 5.91 Å². The van der Waals surface area contributed by atoms with Gasteiger partial charge in [0.15, 0.2) is 0 Å². The molecule has 2 N–H and O–H groups in total. The Kier molecular flexibility index (Phi) is 7.38. The van der Waals surface area contributed by atoms with Crippen molar-refractivity contribution in [3.05, 3.63) is 77.0 Å². The molecule has 1 aromatic heterocycles. The first-order valence-electron chi connectivity index (χ1n) is 13.4. The molecule has 4 heteroatoms. The molecule has 0 radical (unpaired) electrons. The summed E-state index contributed by atoms with van der Waals surface area (Å²) >= 11 is 0. The number of hydrogen-bond acceptors (Lipinski definition) is 2. The van der Waals surface area contributed by atoms with Crippen LogP contribution in [0.5, 0.6) is 0 Å². The molecule has 2 aromatic carbocycles. The van der Waals surface area contributed by atoms with Crippen LogP contribution in [-0.2, 0) is 4.79 Å². The number of nitrogens with one attached hydrogen (secondary N) is 2. The van der Waals surface area contributed by atoms with E-state index in [9.17, 15) is 4.79 Å². The van der Waals surface area contributed by atoms with Gasteiger partial charge in [0.2, 0.25) is 5.91 Å². The fourth-order valence-corrected chi connectivity index (χ4v) is 6.07. The fraction of sp³-hybridized carbons (Fsp3) is 0.452. The molecule has 2 fully saturated rings. The molecule has 1 aliphatic carbocycles. The van der Waals surface area contributed by atoms with Gasteiger partial charge in [0.05, 0.1) is 0 Å². The van der Waals surface area contributed by atoms with E-state index in [1.165, 1.54) is 72.9 Å². The van der Waals surface area contributed by atoms with Crippen molar-refractivity contribution in [2.24, 2.45) is 5.92 Å². The normalized spacial score (nSPS) is 22.1. The molecule has 0 spiro atoms. The lowest BCUT2D eigenvalue weighted by Gasteiger charge is -2.36. The Morgan fingerprint density at radius 2 is 1.80 bits per heavy atom. The number of nitrogens with zero attached hydrogens (tertiary/aromatic N) is 1. The van der Waals surface area contributed by atoms with Gasteiger partial charge in [-0.15, -0.1) is 0 Å². The minimum absolute atomic E-state index is 0.0358. The standard InChI is InChI=1S/C31H39N3O/c1-22-7-8-23(2)26(19-22)11-14-31(35)33-27-12-9-24(10-13-27)21-34-17-15-25(16-18-34)29-20-32-30-6-4-3-5-28(29)30/h3-8,11,14,19-20,24-25,27,32H,9-10,12-13,15-18,21H2,1-2H3,(H,33,35)/b14-11+. The number of aryl methyl sites for hydroxylation is 2. The molecule has 0 bridgehead atoms. The first-order valence-corrected chi connectivity index (χ1v) is 13.4. The summed E-state index contributed by atoms with van der Waals surface area (Å²) in [5.74, 6) is 1.47. The highest BCUT2D eigenvalue weighted by Gasteiger charge is 2.27. The Hall–Kier alpha value is -2.85. The molecule has 1 amide bonds. The summed E-state index contributed by atoms with van der Waals surface area (Å²) in [5.41, 5.74) is 6.30. The SMILES string of the molecule is Cc1ccc(C)c(/C=C/C(=O)NC2CCC(CN3CCC(c4c[nH]c5ccccc45)CC3)CC2)c1. The maximum Gasteiger partial charge on any atom is 0.244 e. The highest BCUT2D eigenvalue weighted by atomic mass is 16.1. The third-order valence-electron chi connectivity index (χ3n) is 8.21. The molecule has 1 aliphatic heterocycles. The van der Waals surface area contributed by atoms with Crippen molar-refractivity contribution in [2.75, 3.05) is 19.6 Å². The van der Waals surface area contributed by atoms with Crippen LogP contribution in [0.1, 0.15) is 66.7 Å². The number of fused-ring (bicyclic) bond motifs is 1. The number of rotatable bonds is 6. The lowest BCUT2D eigenvalue weighted by molar-refractivity contribution is -0.117. The summed E-state index contributed by atoms with van der Waals surface area (Å²) in [4.78, 5) is 18.6. The Morgan fingerprint density at radius 1 is 1.03 bits per heavy atom. The number of carbonyl (C=O) groups is 1. The Bertz CT molecular complexity index is 1180. The minimum Gasteiger partial charge on any atom is -0.361 e. The zero-order chi connectivity index (χ0) is 24.2. The van der Waals surface area contributed by atoms with Gasteiger partial charge in [-0.05, 0) is 106 Å². The van der Waals surface area contributed by atoms with Crippen molar-refractivity contribution < 1.29 is 4.79 Å². The third-order valence-corrected chi connectivity index (χ3v) is 8.21. The molecule has 0 atom stereocenters. The maximum absolute atomic E-state index is 12.5. The monoisotopic (exact) mass is 469 g/mol. The topological polar surface area (TPSA) is 48.1 Å². The van der Waals surface area contributed by atoms with Gasteiger partial charge in [0.1, 0.15) is 0 Å². The molecule has 4 nitrogen and oxygen atoms in total. The van der Waals surface area contributed by atoms with E-state index in [1.54, 1.807) is 6.08 Å². The molecule has 2 aliphatic rings. The van der Waals surface area contributed by atoms with E-state index in [4.69, 9.17) is 0 Å². The van der Waals surface area contributed by atoms with E-state index >= 15 is 0 Å². The number of piperidine rings is 1. The average molecular weight is 470 g/mol. The number of likely N-dealkylation sites (tertiary alicyclic amines) is 1. The molecular formula is C31H39N3O. The number of H-pyrrole nitrogens is 1. The van der Waals surface area contributed by atoms with Crippen LogP contribution in [0.2, 0.25) is 0 Å². The van der Waals surface area contributed by atoms with Gasteiger partial charge in [-0.1, -0.05) is 42.0 Å². The Morgan fingerprint density at radius 3 is 2.60 bits per heavy atom. The summed E-state index contributed by atoms with van der Waals surface area (Å²) in [6.45, 7) is 7.78. The number of amides is 1. The summed E-state index contributed by atoms with van der Waals surface area (Å²) in [6.07, 6.45) is 13.0. The second-order valence-corrected chi connectivity index (χ2v) is 10.8. The van der Waals surface area contributed by atoms with Crippen LogP contribution in [0.4, 0.5) is 0 Å².